The molecule has 0 N–H and O–H groups in total. The van der Waals surface area contributed by atoms with Crippen molar-refractivity contribution < 1.29 is 13.2 Å². The van der Waals surface area contributed by atoms with E-state index < -0.39 is 10.0 Å². The molecule has 1 aliphatic rings. The Morgan fingerprint density at radius 3 is 2.55 bits per heavy atom. The van der Waals surface area contributed by atoms with Gasteiger partial charge in [-0.1, -0.05) is 18.2 Å². The molecular formula is C24H30N4O3S2. The first-order chi connectivity index (χ1) is 15.6. The number of aryl methyl sites for hydroxylation is 1. The Labute approximate surface area is 199 Å². The van der Waals surface area contributed by atoms with Crippen LogP contribution in [0.25, 0.3) is 10.7 Å². The normalized spacial score (nSPS) is 15.7. The van der Waals surface area contributed by atoms with Crippen molar-refractivity contribution in [2.45, 2.75) is 52.0 Å². The van der Waals surface area contributed by atoms with Crippen molar-refractivity contribution in [3.63, 3.8) is 0 Å². The summed E-state index contributed by atoms with van der Waals surface area (Å²) in [5.74, 6) is -0.0393. The van der Waals surface area contributed by atoms with Crippen LogP contribution in [0.1, 0.15) is 47.4 Å². The van der Waals surface area contributed by atoms with Crippen molar-refractivity contribution in [3.05, 3.63) is 52.2 Å². The topological polar surface area (TPSA) is 75.5 Å². The number of para-hydroxylation sites is 1. The third-order valence-electron chi connectivity index (χ3n) is 6.43. The van der Waals surface area contributed by atoms with E-state index in [0.717, 1.165) is 11.3 Å². The van der Waals surface area contributed by atoms with Crippen LogP contribution in [0.3, 0.4) is 0 Å². The summed E-state index contributed by atoms with van der Waals surface area (Å²) >= 11 is 1.32. The van der Waals surface area contributed by atoms with Gasteiger partial charge in [0.15, 0.2) is 0 Å². The first-order valence-electron chi connectivity index (χ1n) is 11.2. The van der Waals surface area contributed by atoms with Crippen LogP contribution in [-0.4, -0.2) is 47.9 Å². The van der Waals surface area contributed by atoms with E-state index >= 15 is 0 Å². The average Bonchev–Trinajstić information content (AvgIpc) is 3.42. The van der Waals surface area contributed by atoms with Crippen molar-refractivity contribution in [2.24, 2.45) is 7.05 Å². The number of carbonyl (C=O) groups is 1. The Hall–Kier alpha value is -2.65. The summed E-state index contributed by atoms with van der Waals surface area (Å²) in [4.78, 5) is 20.2. The highest BCUT2D eigenvalue weighted by Gasteiger charge is 2.38. The van der Waals surface area contributed by atoms with Gasteiger partial charge in [0.25, 0.3) is 15.9 Å². The molecule has 0 unspecified atom stereocenters. The number of hydrogen-bond acceptors (Lipinski definition) is 5. The van der Waals surface area contributed by atoms with Crippen molar-refractivity contribution in [1.82, 2.24) is 14.5 Å². The third-order valence-corrected chi connectivity index (χ3v) is 9.64. The molecule has 0 bridgehead atoms. The van der Waals surface area contributed by atoms with Gasteiger partial charge in [0, 0.05) is 31.9 Å². The minimum atomic E-state index is -3.77. The van der Waals surface area contributed by atoms with E-state index in [1.54, 1.807) is 11.0 Å². The molecule has 4 rings (SSSR count). The van der Waals surface area contributed by atoms with E-state index in [0.29, 0.717) is 46.5 Å². The molecule has 1 aromatic carbocycles. The number of aromatic nitrogens is 2. The summed E-state index contributed by atoms with van der Waals surface area (Å²) in [7, 11) is -1.93. The number of nitrogens with zero attached hydrogens (tertiary/aromatic N) is 4. The number of sulfonamides is 1. The van der Waals surface area contributed by atoms with E-state index in [2.05, 4.69) is 4.98 Å². The second kappa shape index (κ2) is 8.61. The first kappa shape index (κ1) is 23.5. The van der Waals surface area contributed by atoms with E-state index in [-0.39, 0.29) is 16.8 Å². The number of hydrogen-bond donors (Lipinski definition) is 0. The van der Waals surface area contributed by atoms with Gasteiger partial charge < -0.3 is 9.47 Å². The van der Waals surface area contributed by atoms with Crippen LogP contribution in [0.15, 0.2) is 35.2 Å². The Morgan fingerprint density at radius 2 is 1.88 bits per heavy atom. The lowest BCUT2D eigenvalue weighted by Crippen LogP contribution is -2.35. The molecule has 176 valence electrons. The van der Waals surface area contributed by atoms with Crippen LogP contribution in [0.5, 0.6) is 0 Å². The minimum absolute atomic E-state index is 0.0393. The van der Waals surface area contributed by atoms with E-state index in [1.165, 1.54) is 15.6 Å². The second-order valence-corrected chi connectivity index (χ2v) is 11.2. The highest BCUT2D eigenvalue weighted by atomic mass is 32.2. The fraction of sp³-hybridized carbons (Fsp3) is 0.417. The van der Waals surface area contributed by atoms with Gasteiger partial charge in [0.2, 0.25) is 0 Å². The van der Waals surface area contributed by atoms with E-state index in [4.69, 9.17) is 0 Å². The van der Waals surface area contributed by atoms with Gasteiger partial charge in [-0.25, -0.2) is 13.4 Å². The lowest BCUT2D eigenvalue weighted by atomic mass is 10.1. The molecule has 0 spiro atoms. The Bertz CT molecular complexity index is 1320. The standard InChI is InChI=1S/C24H30N4O3S2/c1-7-27(8-2)24(29)22-16(4)25-23(32-22)20-14-21(17(5)26(20)6)33(30,31)28-15(3)13-18-11-9-10-12-19(18)28/h9-12,14-15H,7-8,13H2,1-6H3/t15-/m1/s1. The third kappa shape index (κ3) is 3.77. The molecule has 9 heteroatoms. The van der Waals surface area contributed by atoms with Crippen molar-refractivity contribution in [3.8, 4) is 10.7 Å². The predicted octanol–water partition coefficient (Wildman–Crippen LogP) is 4.39. The fourth-order valence-corrected chi connectivity index (χ4v) is 7.56. The largest absolute Gasteiger partial charge is 0.345 e. The average molecular weight is 487 g/mol. The number of fused-ring (bicyclic) bond motifs is 1. The quantitative estimate of drug-likeness (QED) is 0.518. The summed E-state index contributed by atoms with van der Waals surface area (Å²) in [5.41, 5.74) is 3.78. The maximum atomic E-state index is 13.8. The molecule has 1 atom stereocenters. The predicted molar refractivity (Wildman–Crippen MR) is 133 cm³/mol. The Morgan fingerprint density at radius 1 is 1.21 bits per heavy atom. The molecule has 0 saturated heterocycles. The highest BCUT2D eigenvalue weighted by Crippen LogP contribution is 2.39. The van der Waals surface area contributed by atoms with Crippen LogP contribution < -0.4 is 4.31 Å². The van der Waals surface area contributed by atoms with Gasteiger partial charge in [-0.3, -0.25) is 9.10 Å². The van der Waals surface area contributed by atoms with Crippen LogP contribution in [0.2, 0.25) is 0 Å². The zero-order valence-corrected chi connectivity index (χ0v) is 21.5. The molecule has 0 saturated carbocycles. The lowest BCUT2D eigenvalue weighted by Gasteiger charge is -2.24. The van der Waals surface area contributed by atoms with Crippen LogP contribution in [0, 0.1) is 13.8 Å². The van der Waals surface area contributed by atoms with Crippen LogP contribution in [0.4, 0.5) is 5.69 Å². The molecule has 7 nitrogen and oxygen atoms in total. The summed E-state index contributed by atoms with van der Waals surface area (Å²) in [5, 5.41) is 0.643. The second-order valence-electron chi connectivity index (χ2n) is 8.43. The van der Waals surface area contributed by atoms with Crippen molar-refractivity contribution in [1.29, 1.82) is 0 Å². The van der Waals surface area contributed by atoms with Gasteiger partial charge in [-0.2, -0.15) is 0 Å². The molecule has 3 aromatic rings. The van der Waals surface area contributed by atoms with E-state index in [1.807, 2.05) is 70.5 Å². The fourth-order valence-electron chi connectivity index (χ4n) is 4.51. The van der Waals surface area contributed by atoms with Gasteiger partial charge >= 0.3 is 0 Å². The van der Waals surface area contributed by atoms with Gasteiger partial charge in [-0.15, -0.1) is 11.3 Å². The molecule has 0 fully saturated rings. The zero-order valence-electron chi connectivity index (χ0n) is 19.9. The van der Waals surface area contributed by atoms with E-state index in [9.17, 15) is 13.2 Å². The maximum Gasteiger partial charge on any atom is 0.266 e. The molecule has 33 heavy (non-hydrogen) atoms. The van der Waals surface area contributed by atoms with Gasteiger partial charge in [-0.05, 0) is 58.7 Å². The number of benzene rings is 1. The van der Waals surface area contributed by atoms with Crippen LogP contribution >= 0.6 is 11.3 Å². The monoisotopic (exact) mass is 486 g/mol. The van der Waals surface area contributed by atoms with Crippen molar-refractivity contribution >= 4 is 33.0 Å². The lowest BCUT2D eigenvalue weighted by molar-refractivity contribution is 0.0777. The highest BCUT2D eigenvalue weighted by molar-refractivity contribution is 7.93. The summed E-state index contributed by atoms with van der Waals surface area (Å²) in [6, 6.07) is 9.20. The summed E-state index contributed by atoms with van der Waals surface area (Å²) in [6.45, 7) is 10.7. The van der Waals surface area contributed by atoms with Crippen molar-refractivity contribution in [2.75, 3.05) is 17.4 Å². The molecule has 3 heterocycles. The molecule has 2 aromatic heterocycles. The molecule has 0 radical (unpaired) electrons. The molecule has 1 amide bonds. The Balaban J connectivity index is 1.77. The smallest absolute Gasteiger partial charge is 0.266 e. The first-order valence-corrected chi connectivity index (χ1v) is 13.4. The number of thiazole rings is 1. The van der Waals surface area contributed by atoms with Crippen LogP contribution in [-0.2, 0) is 23.5 Å². The van der Waals surface area contributed by atoms with Gasteiger partial charge in [0.1, 0.15) is 14.8 Å². The SMILES string of the molecule is CCN(CC)C(=O)c1sc(-c2cc(S(=O)(=O)N3c4ccccc4C[C@H]3C)c(C)n2C)nc1C. The molecule has 0 aliphatic carbocycles. The number of carbonyl (C=O) groups excluding carboxylic acids is 1. The minimum Gasteiger partial charge on any atom is -0.345 e. The summed E-state index contributed by atoms with van der Waals surface area (Å²) < 4.78 is 31.0. The number of amides is 1. The zero-order chi connectivity index (χ0) is 24.1. The maximum absolute atomic E-state index is 13.8. The number of anilines is 1. The Kier molecular flexibility index (Phi) is 6.13. The molecular weight excluding hydrogens is 456 g/mol. The number of rotatable bonds is 6. The summed E-state index contributed by atoms with van der Waals surface area (Å²) in [6.07, 6.45) is 0.691. The van der Waals surface area contributed by atoms with Gasteiger partial charge in [0.05, 0.1) is 17.1 Å². The molecule has 1 aliphatic heterocycles.